The normalized spacial score (nSPS) is 10.9. The molecule has 0 saturated carbocycles. The first-order valence-corrected chi connectivity index (χ1v) is 11.2. The maximum atomic E-state index is 13.1. The molecule has 0 spiro atoms. The van der Waals surface area contributed by atoms with E-state index in [0.717, 1.165) is 5.56 Å². The third kappa shape index (κ3) is 6.79. The number of rotatable bonds is 8. The van der Waals surface area contributed by atoms with Gasteiger partial charge in [-0.2, -0.15) is 0 Å². The molecule has 0 bridgehead atoms. The topological polar surface area (TPSA) is 80.3 Å². The molecule has 0 unspecified atom stereocenters. The summed E-state index contributed by atoms with van der Waals surface area (Å²) in [6.45, 7) is 0.441. The number of pyridine rings is 1. The molecule has 1 aromatic heterocycles. The molecule has 0 radical (unpaired) electrons. The molecule has 0 fully saturated rings. The van der Waals surface area contributed by atoms with Crippen LogP contribution in [-0.4, -0.2) is 16.8 Å². The van der Waals surface area contributed by atoms with Crippen LogP contribution in [0.2, 0.25) is 5.15 Å². The summed E-state index contributed by atoms with van der Waals surface area (Å²) in [4.78, 5) is 29.8. The third-order valence-electron chi connectivity index (χ3n) is 4.98. The van der Waals surface area contributed by atoms with Crippen molar-refractivity contribution in [1.82, 2.24) is 10.3 Å². The number of nitrogens with one attached hydrogen (secondary N) is 2. The molecule has 7 heteroatoms. The van der Waals surface area contributed by atoms with Crippen LogP contribution < -0.4 is 15.4 Å². The number of amides is 2. The van der Waals surface area contributed by atoms with E-state index in [2.05, 4.69) is 15.6 Å². The van der Waals surface area contributed by atoms with Crippen LogP contribution in [0.3, 0.4) is 0 Å². The van der Waals surface area contributed by atoms with Gasteiger partial charge in [-0.3, -0.25) is 9.59 Å². The van der Waals surface area contributed by atoms with E-state index < -0.39 is 11.8 Å². The van der Waals surface area contributed by atoms with E-state index in [-0.39, 0.29) is 10.9 Å². The Hall–Kier alpha value is -4.42. The zero-order valence-corrected chi connectivity index (χ0v) is 19.4. The van der Waals surface area contributed by atoms with Gasteiger partial charge in [-0.05, 0) is 54.1 Å². The van der Waals surface area contributed by atoms with E-state index in [1.807, 2.05) is 36.4 Å². The zero-order valence-electron chi connectivity index (χ0n) is 18.6. The van der Waals surface area contributed by atoms with Gasteiger partial charge < -0.3 is 15.4 Å². The quantitative estimate of drug-likeness (QED) is 0.248. The summed E-state index contributed by atoms with van der Waals surface area (Å²) in [5, 5.41) is 5.69. The summed E-state index contributed by atoms with van der Waals surface area (Å²) in [5.74, 6) is -0.258. The molecule has 2 N–H and O–H groups in total. The van der Waals surface area contributed by atoms with E-state index in [9.17, 15) is 9.59 Å². The van der Waals surface area contributed by atoms with Gasteiger partial charge in [0.15, 0.2) is 0 Å². The van der Waals surface area contributed by atoms with Gasteiger partial charge in [0, 0.05) is 23.0 Å². The number of aromatic nitrogens is 1. The van der Waals surface area contributed by atoms with Gasteiger partial charge in [0.2, 0.25) is 0 Å². The summed E-state index contributed by atoms with van der Waals surface area (Å²) < 4.78 is 5.79. The minimum absolute atomic E-state index is 0.0261. The molecule has 35 heavy (non-hydrogen) atoms. The fourth-order valence-electron chi connectivity index (χ4n) is 3.18. The minimum Gasteiger partial charge on any atom is -0.489 e. The van der Waals surface area contributed by atoms with Crippen LogP contribution >= 0.6 is 11.6 Å². The van der Waals surface area contributed by atoms with Crippen LogP contribution in [0.1, 0.15) is 21.5 Å². The molecule has 4 rings (SSSR count). The van der Waals surface area contributed by atoms with Crippen LogP contribution in [0.4, 0.5) is 5.69 Å². The zero-order chi connectivity index (χ0) is 24.5. The van der Waals surface area contributed by atoms with Crippen LogP contribution in [0, 0.1) is 0 Å². The monoisotopic (exact) mass is 483 g/mol. The van der Waals surface area contributed by atoms with Crippen molar-refractivity contribution in [2.24, 2.45) is 0 Å². The Morgan fingerprint density at radius 2 is 1.54 bits per heavy atom. The number of halogens is 1. The Bertz CT molecular complexity index is 1320. The highest BCUT2D eigenvalue weighted by Crippen LogP contribution is 2.19. The lowest BCUT2D eigenvalue weighted by Gasteiger charge is -2.12. The molecule has 0 aliphatic rings. The number of hydrogen-bond donors (Lipinski definition) is 2. The lowest BCUT2D eigenvalue weighted by molar-refractivity contribution is -0.113. The standard InChI is InChI=1S/C28H22ClN3O3/c29-26-22(12-7-17-30-26)18-25(32-27(33)21-10-5-2-6-11-21)28(34)31-23-13-15-24(16-14-23)35-19-20-8-3-1-4-9-20/h1-18H,19H2,(H,31,34)(H,32,33)/b25-18+. The summed E-state index contributed by atoms with van der Waals surface area (Å²) >= 11 is 6.16. The van der Waals surface area contributed by atoms with Crippen molar-refractivity contribution in [3.8, 4) is 5.75 Å². The number of carbonyl (C=O) groups is 2. The van der Waals surface area contributed by atoms with Crippen molar-refractivity contribution in [3.05, 3.63) is 131 Å². The average molecular weight is 484 g/mol. The lowest BCUT2D eigenvalue weighted by Crippen LogP contribution is -2.30. The van der Waals surface area contributed by atoms with Gasteiger partial charge in [0.05, 0.1) is 0 Å². The first-order valence-electron chi connectivity index (χ1n) is 10.9. The Balaban J connectivity index is 1.48. The maximum Gasteiger partial charge on any atom is 0.272 e. The second kappa shape index (κ2) is 11.6. The largest absolute Gasteiger partial charge is 0.489 e. The molecule has 0 atom stereocenters. The maximum absolute atomic E-state index is 13.1. The van der Waals surface area contributed by atoms with E-state index in [4.69, 9.17) is 16.3 Å². The van der Waals surface area contributed by atoms with E-state index in [1.165, 1.54) is 6.08 Å². The highest BCUT2D eigenvalue weighted by molar-refractivity contribution is 6.31. The van der Waals surface area contributed by atoms with E-state index in [0.29, 0.717) is 29.2 Å². The van der Waals surface area contributed by atoms with Crippen molar-refractivity contribution < 1.29 is 14.3 Å². The van der Waals surface area contributed by atoms with Gasteiger partial charge in [0.25, 0.3) is 11.8 Å². The van der Waals surface area contributed by atoms with Crippen LogP contribution in [0.25, 0.3) is 6.08 Å². The average Bonchev–Trinajstić information content (AvgIpc) is 2.90. The highest BCUT2D eigenvalue weighted by Gasteiger charge is 2.16. The van der Waals surface area contributed by atoms with Gasteiger partial charge in [-0.25, -0.2) is 4.98 Å². The fourth-order valence-corrected chi connectivity index (χ4v) is 3.35. The van der Waals surface area contributed by atoms with Crippen LogP contribution in [-0.2, 0) is 11.4 Å². The number of nitrogens with zero attached hydrogens (tertiary/aromatic N) is 1. The van der Waals surface area contributed by atoms with Crippen molar-refractivity contribution in [1.29, 1.82) is 0 Å². The highest BCUT2D eigenvalue weighted by atomic mass is 35.5. The summed E-state index contributed by atoms with van der Waals surface area (Å²) in [7, 11) is 0. The first kappa shape index (κ1) is 23.7. The van der Waals surface area contributed by atoms with Crippen molar-refractivity contribution >= 4 is 35.2 Å². The second-order valence-corrected chi connectivity index (χ2v) is 7.87. The Kier molecular flexibility index (Phi) is 7.88. The number of anilines is 1. The molecule has 2 amide bonds. The van der Waals surface area contributed by atoms with Crippen molar-refractivity contribution in [2.45, 2.75) is 6.61 Å². The molecule has 4 aromatic rings. The van der Waals surface area contributed by atoms with E-state index >= 15 is 0 Å². The second-order valence-electron chi connectivity index (χ2n) is 7.51. The smallest absolute Gasteiger partial charge is 0.272 e. The van der Waals surface area contributed by atoms with Gasteiger partial charge >= 0.3 is 0 Å². The molecule has 1 heterocycles. The lowest BCUT2D eigenvalue weighted by atomic mass is 10.2. The number of ether oxygens (including phenoxy) is 1. The Labute approximate surface area is 208 Å². The molecule has 3 aromatic carbocycles. The number of benzene rings is 3. The van der Waals surface area contributed by atoms with E-state index in [1.54, 1.807) is 66.9 Å². The predicted octanol–water partition coefficient (Wildman–Crippen LogP) is 5.72. The number of hydrogen-bond acceptors (Lipinski definition) is 4. The summed E-state index contributed by atoms with van der Waals surface area (Å²) in [5.41, 5.74) is 2.54. The Morgan fingerprint density at radius 3 is 2.23 bits per heavy atom. The van der Waals surface area contributed by atoms with Crippen LogP contribution in [0.5, 0.6) is 5.75 Å². The predicted molar refractivity (Wildman–Crippen MR) is 137 cm³/mol. The summed E-state index contributed by atoms with van der Waals surface area (Å²) in [6, 6.07) is 28.9. The third-order valence-corrected chi connectivity index (χ3v) is 5.29. The fraction of sp³-hybridized carbons (Fsp3) is 0.0357. The number of carbonyl (C=O) groups excluding carboxylic acids is 2. The molecular weight excluding hydrogens is 462 g/mol. The summed E-state index contributed by atoms with van der Waals surface area (Å²) in [6.07, 6.45) is 3.03. The van der Waals surface area contributed by atoms with Crippen LogP contribution in [0.15, 0.2) is 109 Å². The molecular formula is C28H22ClN3O3. The Morgan fingerprint density at radius 1 is 0.857 bits per heavy atom. The van der Waals surface area contributed by atoms with Crippen molar-refractivity contribution in [2.75, 3.05) is 5.32 Å². The van der Waals surface area contributed by atoms with Gasteiger partial charge in [-0.1, -0.05) is 66.2 Å². The van der Waals surface area contributed by atoms with Gasteiger partial charge in [-0.15, -0.1) is 0 Å². The van der Waals surface area contributed by atoms with Crippen molar-refractivity contribution in [3.63, 3.8) is 0 Å². The molecule has 6 nitrogen and oxygen atoms in total. The molecule has 0 aliphatic carbocycles. The molecule has 0 saturated heterocycles. The minimum atomic E-state index is -0.507. The molecule has 0 aliphatic heterocycles. The SMILES string of the molecule is O=C(Nc1ccc(OCc2ccccc2)cc1)/C(=C\c1cccnc1Cl)NC(=O)c1ccccc1. The molecule has 174 valence electrons. The first-order chi connectivity index (χ1) is 17.1. The van der Waals surface area contributed by atoms with Gasteiger partial charge in [0.1, 0.15) is 23.2 Å².